The van der Waals surface area contributed by atoms with E-state index in [1.165, 1.54) is 21.3 Å². The van der Waals surface area contributed by atoms with E-state index in [0.717, 1.165) is 0 Å². The van der Waals surface area contributed by atoms with Crippen molar-refractivity contribution in [2.75, 3.05) is 0 Å². The SMILES string of the molecule is Cn1c(=O)n2n(c1=O)[C@@]1(C(C)(C)C)C=C[C@H]2C2=C1C=C2C(C)(C)C. The van der Waals surface area contributed by atoms with Crippen LogP contribution in [-0.4, -0.2) is 13.9 Å². The number of nitrogens with zero attached hydrogens (tertiary/aromatic N) is 3. The molecule has 3 heterocycles. The van der Waals surface area contributed by atoms with E-state index in [9.17, 15) is 9.59 Å². The molecule has 0 spiro atoms. The Kier molecular flexibility index (Phi) is 2.55. The van der Waals surface area contributed by atoms with Crippen LogP contribution < -0.4 is 11.4 Å². The first-order chi connectivity index (χ1) is 10.9. The molecular weight excluding hydrogens is 302 g/mol. The molecule has 128 valence electrons. The molecule has 2 atom stereocenters. The quantitative estimate of drug-likeness (QED) is 0.688. The third-order valence-corrected chi connectivity index (χ3v) is 5.81. The van der Waals surface area contributed by atoms with Gasteiger partial charge in [-0.25, -0.2) is 23.5 Å². The van der Waals surface area contributed by atoms with Crippen molar-refractivity contribution in [3.8, 4) is 0 Å². The van der Waals surface area contributed by atoms with Gasteiger partial charge in [0, 0.05) is 7.05 Å². The number of aromatic nitrogens is 3. The van der Waals surface area contributed by atoms with Gasteiger partial charge in [0.2, 0.25) is 0 Å². The molecule has 0 fully saturated rings. The fourth-order valence-electron chi connectivity index (χ4n) is 4.52. The van der Waals surface area contributed by atoms with Crippen LogP contribution in [0.2, 0.25) is 0 Å². The van der Waals surface area contributed by atoms with E-state index in [1.807, 2.05) is 0 Å². The molecule has 0 N–H and O–H groups in total. The van der Waals surface area contributed by atoms with Crippen LogP contribution >= 0.6 is 0 Å². The van der Waals surface area contributed by atoms with Crippen molar-refractivity contribution in [1.82, 2.24) is 13.9 Å². The van der Waals surface area contributed by atoms with Crippen molar-refractivity contribution in [2.45, 2.75) is 53.1 Å². The van der Waals surface area contributed by atoms with Crippen LogP contribution in [0.4, 0.5) is 0 Å². The molecule has 5 nitrogen and oxygen atoms in total. The third-order valence-electron chi connectivity index (χ3n) is 5.81. The lowest BCUT2D eigenvalue weighted by Gasteiger charge is -2.56. The van der Waals surface area contributed by atoms with Crippen LogP contribution in [0, 0.1) is 10.8 Å². The average Bonchev–Trinajstić information content (AvgIpc) is 2.62. The fraction of sp³-hybridized carbons (Fsp3) is 0.579. The first-order valence-electron chi connectivity index (χ1n) is 8.50. The standard InChI is InChI=1S/C19H25N3O2/c1-17(2,3)11-10-12-14(11)13-8-9-19(12,18(4,5)6)22-16(24)20(7)15(23)21(13)22/h8-10,13H,1-7H3/t13-,19-/m0/s1. The van der Waals surface area contributed by atoms with E-state index in [1.54, 1.807) is 16.4 Å². The molecule has 5 heteroatoms. The summed E-state index contributed by atoms with van der Waals surface area (Å²) >= 11 is 0. The minimum atomic E-state index is -0.608. The Labute approximate surface area is 141 Å². The number of hydrogen-bond acceptors (Lipinski definition) is 2. The van der Waals surface area contributed by atoms with Crippen LogP contribution in [0.3, 0.4) is 0 Å². The van der Waals surface area contributed by atoms with Crippen molar-refractivity contribution >= 4 is 0 Å². The molecular formula is C19H25N3O2. The predicted octanol–water partition coefficient (Wildman–Crippen LogP) is 2.50. The minimum Gasteiger partial charge on any atom is -0.246 e. The van der Waals surface area contributed by atoms with Crippen molar-refractivity contribution in [3.05, 3.63) is 55.9 Å². The Balaban J connectivity index is 2.10. The highest BCUT2D eigenvalue weighted by Crippen LogP contribution is 2.60. The van der Waals surface area contributed by atoms with E-state index < -0.39 is 5.54 Å². The fourth-order valence-corrected chi connectivity index (χ4v) is 4.52. The highest BCUT2D eigenvalue weighted by Gasteiger charge is 2.58. The number of rotatable bonds is 0. The Bertz CT molecular complexity index is 980. The molecule has 0 unspecified atom stereocenters. The molecule has 1 aromatic rings. The molecule has 4 aliphatic rings. The van der Waals surface area contributed by atoms with Crippen LogP contribution in [0.1, 0.15) is 47.6 Å². The average molecular weight is 327 g/mol. The molecule has 0 saturated heterocycles. The summed E-state index contributed by atoms with van der Waals surface area (Å²) in [5.41, 5.74) is 2.40. The number of hydrogen-bond donors (Lipinski definition) is 0. The molecule has 0 aromatic carbocycles. The molecule has 2 bridgehead atoms. The van der Waals surface area contributed by atoms with Crippen LogP contribution in [-0.2, 0) is 12.6 Å². The maximum Gasteiger partial charge on any atom is 0.348 e. The summed E-state index contributed by atoms with van der Waals surface area (Å²) in [7, 11) is 1.56. The van der Waals surface area contributed by atoms with Crippen LogP contribution in [0.5, 0.6) is 0 Å². The van der Waals surface area contributed by atoms with E-state index in [2.05, 4.69) is 59.8 Å². The van der Waals surface area contributed by atoms with Crippen molar-refractivity contribution in [1.29, 1.82) is 0 Å². The lowest BCUT2D eigenvalue weighted by molar-refractivity contribution is 0.119. The summed E-state index contributed by atoms with van der Waals surface area (Å²) < 4.78 is 4.57. The van der Waals surface area contributed by atoms with Gasteiger partial charge in [-0.3, -0.25) is 0 Å². The zero-order valence-corrected chi connectivity index (χ0v) is 15.5. The van der Waals surface area contributed by atoms with Crippen molar-refractivity contribution in [3.63, 3.8) is 0 Å². The summed E-state index contributed by atoms with van der Waals surface area (Å²) in [6.45, 7) is 13.0. The zero-order chi connectivity index (χ0) is 17.8. The smallest absolute Gasteiger partial charge is 0.246 e. The first kappa shape index (κ1) is 15.5. The van der Waals surface area contributed by atoms with Crippen molar-refractivity contribution < 1.29 is 0 Å². The van der Waals surface area contributed by atoms with E-state index in [0.29, 0.717) is 0 Å². The normalized spacial score (nSPS) is 27.8. The zero-order valence-electron chi connectivity index (χ0n) is 15.5. The van der Waals surface area contributed by atoms with Gasteiger partial charge in [-0.15, -0.1) is 0 Å². The molecule has 2 aliphatic carbocycles. The van der Waals surface area contributed by atoms with E-state index in [-0.39, 0.29) is 28.3 Å². The summed E-state index contributed by atoms with van der Waals surface area (Å²) in [6.07, 6.45) is 6.47. The molecule has 0 radical (unpaired) electrons. The molecule has 24 heavy (non-hydrogen) atoms. The largest absolute Gasteiger partial charge is 0.348 e. The molecule has 2 aliphatic heterocycles. The summed E-state index contributed by atoms with van der Waals surface area (Å²) in [5.74, 6) is 0. The Hall–Kier alpha value is -2.04. The summed E-state index contributed by atoms with van der Waals surface area (Å²) in [5, 5.41) is 0. The van der Waals surface area contributed by atoms with Gasteiger partial charge in [0.05, 0.1) is 6.04 Å². The monoisotopic (exact) mass is 327 g/mol. The maximum atomic E-state index is 12.9. The Morgan fingerprint density at radius 1 is 1.04 bits per heavy atom. The first-order valence-corrected chi connectivity index (χ1v) is 8.50. The second-order valence-electron chi connectivity index (χ2n) is 9.24. The highest BCUT2D eigenvalue weighted by molar-refractivity contribution is 5.66. The molecule has 5 rings (SSSR count). The molecule has 0 saturated carbocycles. The van der Waals surface area contributed by atoms with Gasteiger partial charge >= 0.3 is 11.4 Å². The van der Waals surface area contributed by atoms with Crippen molar-refractivity contribution in [2.24, 2.45) is 17.9 Å². The third kappa shape index (κ3) is 1.42. The highest BCUT2D eigenvalue weighted by atomic mass is 16.2. The Morgan fingerprint density at radius 3 is 2.21 bits per heavy atom. The second kappa shape index (κ2) is 3.95. The summed E-state index contributed by atoms with van der Waals surface area (Å²) in [6, 6.07) is -0.176. The topological polar surface area (TPSA) is 48.9 Å². The van der Waals surface area contributed by atoms with Gasteiger partial charge < -0.3 is 0 Å². The maximum absolute atomic E-state index is 12.9. The van der Waals surface area contributed by atoms with Gasteiger partial charge in [-0.2, -0.15) is 0 Å². The predicted molar refractivity (Wildman–Crippen MR) is 94.1 cm³/mol. The van der Waals surface area contributed by atoms with Crippen LogP contribution in [0.15, 0.2) is 44.5 Å². The van der Waals surface area contributed by atoms with Gasteiger partial charge in [0.1, 0.15) is 5.54 Å². The number of allylic oxidation sites excluding steroid dienone is 6. The second-order valence-corrected chi connectivity index (χ2v) is 9.24. The van der Waals surface area contributed by atoms with Gasteiger partial charge in [-0.1, -0.05) is 59.8 Å². The minimum absolute atomic E-state index is 0.0206. The lowest BCUT2D eigenvalue weighted by Crippen LogP contribution is -2.60. The van der Waals surface area contributed by atoms with Crippen LogP contribution in [0.25, 0.3) is 0 Å². The lowest BCUT2D eigenvalue weighted by atomic mass is 9.56. The van der Waals surface area contributed by atoms with E-state index >= 15 is 0 Å². The molecule has 0 amide bonds. The van der Waals surface area contributed by atoms with Gasteiger partial charge in [-0.05, 0) is 27.5 Å². The molecule has 1 aromatic heterocycles. The summed E-state index contributed by atoms with van der Waals surface area (Å²) in [4.78, 5) is 25.6. The Morgan fingerprint density at radius 2 is 1.67 bits per heavy atom. The van der Waals surface area contributed by atoms with E-state index in [4.69, 9.17) is 0 Å². The van der Waals surface area contributed by atoms with Gasteiger partial charge in [0.25, 0.3) is 0 Å². The van der Waals surface area contributed by atoms with Gasteiger partial charge in [0.15, 0.2) is 0 Å².